The fourth-order valence-corrected chi connectivity index (χ4v) is 5.04. The summed E-state index contributed by atoms with van der Waals surface area (Å²) >= 11 is 4.24. The number of hydrogen-bond acceptors (Lipinski definition) is 3. The van der Waals surface area contributed by atoms with Crippen LogP contribution in [0.3, 0.4) is 0 Å². The van der Waals surface area contributed by atoms with Crippen LogP contribution in [0.4, 0.5) is 0 Å². The van der Waals surface area contributed by atoms with Crippen molar-refractivity contribution in [2.24, 2.45) is 0 Å². The molecule has 3 unspecified atom stereocenters. The Kier molecular flexibility index (Phi) is 7.44. The normalized spacial score (nSPS) is 27.3. The van der Waals surface area contributed by atoms with E-state index in [1.165, 1.54) is 17.9 Å². The second kappa shape index (κ2) is 8.33. The summed E-state index contributed by atoms with van der Waals surface area (Å²) in [5, 5.41) is 5.16. The predicted octanol–water partition coefficient (Wildman–Crippen LogP) is 3.01. The number of nitrogens with one attached hydrogen (secondary N) is 1. The number of terminal acetylenes is 1. The molecule has 0 bridgehead atoms. The van der Waals surface area contributed by atoms with Crippen LogP contribution in [0.1, 0.15) is 33.1 Å². The molecule has 3 heteroatoms. The minimum Gasteiger partial charge on any atom is -0.313 e. The van der Waals surface area contributed by atoms with E-state index in [0.29, 0.717) is 6.04 Å². The van der Waals surface area contributed by atoms with E-state index in [0.717, 1.165) is 29.9 Å². The first kappa shape index (κ1) is 14.3. The van der Waals surface area contributed by atoms with Crippen LogP contribution in [-0.4, -0.2) is 34.6 Å². The number of hydrogen-bond donors (Lipinski definition) is 1. The molecule has 0 aliphatic carbocycles. The van der Waals surface area contributed by atoms with Gasteiger partial charge in [0.25, 0.3) is 0 Å². The molecule has 1 aliphatic heterocycles. The van der Waals surface area contributed by atoms with E-state index in [1.54, 1.807) is 0 Å². The summed E-state index contributed by atoms with van der Waals surface area (Å²) in [4.78, 5) is 0. The van der Waals surface area contributed by atoms with Gasteiger partial charge < -0.3 is 5.32 Å². The summed E-state index contributed by atoms with van der Waals surface area (Å²) < 4.78 is 0. The van der Waals surface area contributed by atoms with Gasteiger partial charge in [-0.3, -0.25) is 0 Å². The molecule has 1 fully saturated rings. The van der Waals surface area contributed by atoms with Crippen molar-refractivity contribution >= 4 is 23.5 Å². The molecule has 0 saturated carbocycles. The van der Waals surface area contributed by atoms with E-state index in [1.807, 2.05) is 0 Å². The van der Waals surface area contributed by atoms with Crippen molar-refractivity contribution < 1.29 is 0 Å². The zero-order valence-corrected chi connectivity index (χ0v) is 12.0. The maximum absolute atomic E-state index is 5.38. The Bertz CT molecular complexity index is 224. The van der Waals surface area contributed by atoms with E-state index in [9.17, 15) is 0 Å². The molecule has 0 aromatic rings. The van der Waals surface area contributed by atoms with E-state index >= 15 is 0 Å². The minimum atomic E-state index is 0.601. The van der Waals surface area contributed by atoms with Crippen LogP contribution in [-0.2, 0) is 0 Å². The average molecular weight is 257 g/mol. The summed E-state index contributed by atoms with van der Waals surface area (Å²) in [7, 11) is 0. The van der Waals surface area contributed by atoms with E-state index in [2.05, 4.69) is 48.6 Å². The van der Waals surface area contributed by atoms with Gasteiger partial charge in [-0.05, 0) is 19.4 Å². The number of rotatable bonds is 6. The average Bonchev–Trinajstić information content (AvgIpc) is 2.31. The lowest BCUT2D eigenvalue weighted by Crippen LogP contribution is -2.44. The molecular formula is C13H23NS2. The Balaban J connectivity index is 2.47. The van der Waals surface area contributed by atoms with Crippen LogP contribution in [0.15, 0.2) is 0 Å². The topological polar surface area (TPSA) is 12.0 Å². The Morgan fingerprint density at radius 3 is 2.81 bits per heavy atom. The van der Waals surface area contributed by atoms with Gasteiger partial charge in [0.15, 0.2) is 0 Å². The zero-order chi connectivity index (χ0) is 11.8. The maximum Gasteiger partial charge on any atom is 0.0317 e. The Hall–Kier alpha value is 0.220. The molecule has 1 N–H and O–H groups in total. The largest absolute Gasteiger partial charge is 0.313 e. The van der Waals surface area contributed by atoms with Crippen LogP contribution in [0.5, 0.6) is 0 Å². The van der Waals surface area contributed by atoms with Gasteiger partial charge in [0.05, 0.1) is 0 Å². The smallest absolute Gasteiger partial charge is 0.0317 e. The van der Waals surface area contributed by atoms with Crippen LogP contribution >= 0.6 is 23.5 Å². The monoisotopic (exact) mass is 257 g/mol. The Morgan fingerprint density at radius 1 is 1.44 bits per heavy atom. The lowest BCUT2D eigenvalue weighted by atomic mass is 10.1. The highest BCUT2D eigenvalue weighted by molar-refractivity contribution is 8.07. The van der Waals surface area contributed by atoms with Gasteiger partial charge >= 0.3 is 0 Å². The molecule has 0 aromatic carbocycles. The summed E-state index contributed by atoms with van der Waals surface area (Å²) in [6.45, 7) is 5.69. The molecule has 0 aromatic heterocycles. The highest BCUT2D eigenvalue weighted by Gasteiger charge is 2.29. The molecule has 1 rings (SSSR count). The first-order chi connectivity index (χ1) is 7.79. The summed E-state index contributed by atoms with van der Waals surface area (Å²) in [6, 6.07) is 0.601. The predicted molar refractivity (Wildman–Crippen MR) is 78.3 cm³/mol. The van der Waals surface area contributed by atoms with E-state index < -0.39 is 0 Å². The summed E-state index contributed by atoms with van der Waals surface area (Å²) in [6.07, 6.45) is 8.60. The van der Waals surface area contributed by atoms with Gasteiger partial charge in [-0.15, -0.1) is 12.3 Å². The van der Waals surface area contributed by atoms with E-state index in [4.69, 9.17) is 6.42 Å². The minimum absolute atomic E-state index is 0.601. The van der Waals surface area contributed by atoms with Crippen molar-refractivity contribution in [2.75, 3.05) is 18.1 Å². The number of thioether (sulfide) groups is 2. The first-order valence-electron chi connectivity index (χ1n) is 6.19. The molecule has 0 amide bonds. The van der Waals surface area contributed by atoms with Crippen molar-refractivity contribution in [3.8, 4) is 12.3 Å². The maximum atomic E-state index is 5.38. The van der Waals surface area contributed by atoms with Crippen molar-refractivity contribution in [3.63, 3.8) is 0 Å². The summed E-state index contributed by atoms with van der Waals surface area (Å²) in [5.74, 6) is 5.37. The molecule has 16 heavy (non-hydrogen) atoms. The lowest BCUT2D eigenvalue weighted by Gasteiger charge is -2.35. The van der Waals surface area contributed by atoms with Gasteiger partial charge in [-0.1, -0.05) is 13.8 Å². The van der Waals surface area contributed by atoms with Gasteiger partial charge in [0, 0.05) is 34.5 Å². The van der Waals surface area contributed by atoms with Crippen molar-refractivity contribution in [2.45, 2.75) is 49.7 Å². The Labute approximate surface area is 109 Å². The van der Waals surface area contributed by atoms with Crippen molar-refractivity contribution in [1.29, 1.82) is 0 Å². The Morgan fingerprint density at radius 2 is 2.19 bits per heavy atom. The second-order valence-corrected chi connectivity index (χ2v) is 6.99. The molecular weight excluding hydrogens is 234 g/mol. The molecule has 1 heterocycles. The molecule has 3 atom stereocenters. The molecule has 0 spiro atoms. The summed E-state index contributed by atoms with van der Waals surface area (Å²) in [5.41, 5.74) is 0. The third kappa shape index (κ3) is 4.61. The fourth-order valence-electron chi connectivity index (χ4n) is 2.04. The highest BCUT2D eigenvalue weighted by atomic mass is 32.2. The molecule has 1 nitrogen and oxygen atoms in total. The molecule has 1 saturated heterocycles. The van der Waals surface area contributed by atoms with Crippen LogP contribution < -0.4 is 5.32 Å². The fraction of sp³-hybridized carbons (Fsp3) is 0.846. The SMILES string of the molecule is C#CCCC(NCCC)C1SCCSC1C. The third-order valence-corrected chi connectivity index (χ3v) is 6.14. The molecule has 92 valence electrons. The lowest BCUT2D eigenvalue weighted by molar-refractivity contribution is 0.467. The van der Waals surface area contributed by atoms with Gasteiger partial charge in [0.1, 0.15) is 0 Å². The first-order valence-corrected chi connectivity index (χ1v) is 8.29. The molecule has 1 aliphatic rings. The van der Waals surface area contributed by atoms with Crippen LogP contribution in [0.2, 0.25) is 0 Å². The third-order valence-electron chi connectivity index (χ3n) is 2.89. The van der Waals surface area contributed by atoms with E-state index in [-0.39, 0.29) is 0 Å². The standard InChI is InChI=1S/C13H23NS2/c1-4-6-7-12(14-8-5-2)13-11(3)15-9-10-16-13/h1,11-14H,5-10H2,2-3H3. The molecule has 0 radical (unpaired) electrons. The van der Waals surface area contributed by atoms with Crippen molar-refractivity contribution in [3.05, 3.63) is 0 Å². The zero-order valence-electron chi connectivity index (χ0n) is 10.4. The quantitative estimate of drug-likeness (QED) is 0.735. The van der Waals surface area contributed by atoms with Crippen molar-refractivity contribution in [1.82, 2.24) is 5.32 Å². The highest BCUT2D eigenvalue weighted by Crippen LogP contribution is 2.34. The van der Waals surface area contributed by atoms with Crippen LogP contribution in [0.25, 0.3) is 0 Å². The second-order valence-electron chi connectivity index (χ2n) is 4.21. The van der Waals surface area contributed by atoms with Crippen LogP contribution in [0, 0.1) is 12.3 Å². The van der Waals surface area contributed by atoms with Gasteiger partial charge in [-0.25, -0.2) is 0 Å². The van der Waals surface area contributed by atoms with Gasteiger partial charge in [-0.2, -0.15) is 23.5 Å². The van der Waals surface area contributed by atoms with Gasteiger partial charge in [0.2, 0.25) is 0 Å².